The standard InChI is InChI=1S/C18H35N3/c1-13(2)15-7-8-17(19-4)18(10-15)21-12-16-6-5-9-20(16)11-14(21)3/h13-19H,5-12H2,1-4H3. The summed E-state index contributed by atoms with van der Waals surface area (Å²) < 4.78 is 0. The summed E-state index contributed by atoms with van der Waals surface area (Å²) in [6.45, 7) is 11.2. The first-order valence-electron chi connectivity index (χ1n) is 9.27. The second-order valence-corrected chi connectivity index (χ2v) is 8.12. The molecule has 1 saturated carbocycles. The van der Waals surface area contributed by atoms with Crippen LogP contribution in [-0.2, 0) is 0 Å². The van der Waals surface area contributed by atoms with Crippen LogP contribution in [0.3, 0.4) is 0 Å². The van der Waals surface area contributed by atoms with Gasteiger partial charge in [-0.1, -0.05) is 13.8 Å². The van der Waals surface area contributed by atoms with Gasteiger partial charge in [0.25, 0.3) is 0 Å². The highest BCUT2D eigenvalue weighted by Gasteiger charge is 2.41. The molecule has 5 unspecified atom stereocenters. The number of hydrogen-bond donors (Lipinski definition) is 1. The summed E-state index contributed by atoms with van der Waals surface area (Å²) in [6.07, 6.45) is 7.02. The summed E-state index contributed by atoms with van der Waals surface area (Å²) in [5.41, 5.74) is 0. The first-order chi connectivity index (χ1) is 10.1. The fourth-order valence-corrected chi connectivity index (χ4v) is 5.16. The second-order valence-electron chi connectivity index (χ2n) is 8.12. The lowest BCUT2D eigenvalue weighted by Crippen LogP contribution is -2.63. The Kier molecular flexibility index (Phi) is 4.92. The summed E-state index contributed by atoms with van der Waals surface area (Å²) in [6, 6.07) is 3.04. The molecule has 0 aromatic carbocycles. The van der Waals surface area contributed by atoms with Gasteiger partial charge in [0.15, 0.2) is 0 Å². The normalized spacial score (nSPS) is 42.4. The van der Waals surface area contributed by atoms with Gasteiger partial charge in [-0.25, -0.2) is 0 Å². The summed E-state index contributed by atoms with van der Waals surface area (Å²) >= 11 is 0. The van der Waals surface area contributed by atoms with Crippen molar-refractivity contribution in [1.29, 1.82) is 0 Å². The van der Waals surface area contributed by atoms with Crippen LogP contribution in [0.5, 0.6) is 0 Å². The summed E-state index contributed by atoms with van der Waals surface area (Å²) in [5.74, 6) is 1.77. The molecule has 3 aliphatic rings. The molecule has 3 nitrogen and oxygen atoms in total. The van der Waals surface area contributed by atoms with E-state index in [1.165, 1.54) is 51.7 Å². The summed E-state index contributed by atoms with van der Waals surface area (Å²) in [5, 5.41) is 3.64. The lowest BCUT2D eigenvalue weighted by Gasteiger charge is -2.51. The molecule has 0 aromatic rings. The van der Waals surface area contributed by atoms with E-state index in [2.05, 4.69) is 42.9 Å². The molecule has 3 rings (SSSR count). The zero-order valence-corrected chi connectivity index (χ0v) is 14.5. The molecule has 0 amide bonds. The maximum absolute atomic E-state index is 3.64. The average Bonchev–Trinajstić information content (AvgIpc) is 2.92. The predicted molar refractivity (Wildman–Crippen MR) is 89.6 cm³/mol. The van der Waals surface area contributed by atoms with Gasteiger partial charge in [-0.3, -0.25) is 9.80 Å². The van der Waals surface area contributed by atoms with Crippen molar-refractivity contribution in [2.24, 2.45) is 11.8 Å². The van der Waals surface area contributed by atoms with Crippen LogP contribution in [0.4, 0.5) is 0 Å². The molecule has 2 heterocycles. The lowest BCUT2D eigenvalue weighted by atomic mass is 9.75. The van der Waals surface area contributed by atoms with Crippen LogP contribution >= 0.6 is 0 Å². The number of nitrogens with zero attached hydrogens (tertiary/aromatic N) is 2. The third kappa shape index (κ3) is 3.16. The van der Waals surface area contributed by atoms with Gasteiger partial charge in [-0.15, -0.1) is 0 Å². The van der Waals surface area contributed by atoms with Crippen molar-refractivity contribution in [3.8, 4) is 0 Å². The fraction of sp³-hybridized carbons (Fsp3) is 1.00. The van der Waals surface area contributed by atoms with Crippen molar-refractivity contribution in [3.05, 3.63) is 0 Å². The Morgan fingerprint density at radius 1 is 1.10 bits per heavy atom. The Balaban J connectivity index is 1.72. The molecule has 1 aliphatic carbocycles. The number of fused-ring (bicyclic) bond motifs is 1. The molecule has 21 heavy (non-hydrogen) atoms. The Labute approximate surface area is 131 Å². The summed E-state index contributed by atoms with van der Waals surface area (Å²) in [7, 11) is 2.17. The maximum atomic E-state index is 3.64. The zero-order valence-electron chi connectivity index (χ0n) is 14.5. The SMILES string of the molecule is CNC1CCC(C(C)C)CC1N1CC2CCCN2CC1C. The van der Waals surface area contributed by atoms with E-state index in [0.29, 0.717) is 6.04 Å². The number of rotatable bonds is 3. The average molecular weight is 293 g/mol. The van der Waals surface area contributed by atoms with Crippen LogP contribution in [0.25, 0.3) is 0 Å². The van der Waals surface area contributed by atoms with Gasteiger partial charge < -0.3 is 5.32 Å². The highest BCUT2D eigenvalue weighted by atomic mass is 15.3. The zero-order chi connectivity index (χ0) is 15.0. The first kappa shape index (κ1) is 15.8. The molecule has 5 atom stereocenters. The van der Waals surface area contributed by atoms with Gasteiger partial charge in [0, 0.05) is 37.3 Å². The first-order valence-corrected chi connectivity index (χ1v) is 9.27. The molecule has 2 aliphatic heterocycles. The van der Waals surface area contributed by atoms with Crippen LogP contribution < -0.4 is 5.32 Å². The van der Waals surface area contributed by atoms with Crippen molar-refractivity contribution >= 4 is 0 Å². The van der Waals surface area contributed by atoms with Crippen molar-refractivity contribution < 1.29 is 0 Å². The van der Waals surface area contributed by atoms with Crippen LogP contribution in [0.2, 0.25) is 0 Å². The second kappa shape index (κ2) is 6.55. The van der Waals surface area contributed by atoms with Crippen molar-refractivity contribution in [1.82, 2.24) is 15.1 Å². The van der Waals surface area contributed by atoms with E-state index in [1.54, 1.807) is 0 Å². The predicted octanol–water partition coefficient (Wildman–Crippen LogP) is 2.57. The number of piperazine rings is 1. The third-order valence-electron chi connectivity index (χ3n) is 6.58. The van der Waals surface area contributed by atoms with Gasteiger partial charge >= 0.3 is 0 Å². The minimum Gasteiger partial charge on any atom is -0.315 e. The van der Waals surface area contributed by atoms with E-state index in [-0.39, 0.29) is 0 Å². The topological polar surface area (TPSA) is 18.5 Å². The van der Waals surface area contributed by atoms with Gasteiger partial charge in [0.2, 0.25) is 0 Å². The largest absolute Gasteiger partial charge is 0.315 e. The Morgan fingerprint density at radius 2 is 1.90 bits per heavy atom. The quantitative estimate of drug-likeness (QED) is 0.863. The molecule has 0 spiro atoms. The van der Waals surface area contributed by atoms with Gasteiger partial charge in [0.05, 0.1) is 0 Å². The van der Waals surface area contributed by atoms with Gasteiger partial charge in [-0.2, -0.15) is 0 Å². The van der Waals surface area contributed by atoms with E-state index in [9.17, 15) is 0 Å². The van der Waals surface area contributed by atoms with E-state index in [0.717, 1.165) is 30.0 Å². The van der Waals surface area contributed by atoms with E-state index in [4.69, 9.17) is 0 Å². The maximum Gasteiger partial charge on any atom is 0.0255 e. The molecular formula is C18H35N3. The minimum atomic E-state index is 0.704. The molecule has 0 bridgehead atoms. The van der Waals surface area contributed by atoms with Gasteiger partial charge in [0.1, 0.15) is 0 Å². The highest BCUT2D eigenvalue weighted by molar-refractivity contribution is 4.98. The van der Waals surface area contributed by atoms with E-state index < -0.39 is 0 Å². The Morgan fingerprint density at radius 3 is 2.62 bits per heavy atom. The van der Waals surface area contributed by atoms with Crippen LogP contribution in [0, 0.1) is 11.8 Å². The smallest absolute Gasteiger partial charge is 0.0255 e. The molecule has 3 heteroatoms. The van der Waals surface area contributed by atoms with E-state index >= 15 is 0 Å². The van der Waals surface area contributed by atoms with Crippen molar-refractivity contribution in [2.45, 2.75) is 77.0 Å². The van der Waals surface area contributed by atoms with Crippen LogP contribution in [0.15, 0.2) is 0 Å². The molecule has 2 saturated heterocycles. The molecule has 0 aromatic heterocycles. The number of likely N-dealkylation sites (N-methyl/N-ethyl adjacent to an activating group) is 1. The molecule has 3 fully saturated rings. The molecular weight excluding hydrogens is 258 g/mol. The van der Waals surface area contributed by atoms with Crippen molar-refractivity contribution in [3.63, 3.8) is 0 Å². The highest BCUT2D eigenvalue weighted by Crippen LogP contribution is 2.36. The van der Waals surface area contributed by atoms with Crippen LogP contribution in [-0.4, -0.2) is 60.6 Å². The van der Waals surface area contributed by atoms with Crippen LogP contribution in [0.1, 0.15) is 52.9 Å². The van der Waals surface area contributed by atoms with E-state index in [1.807, 2.05) is 0 Å². The monoisotopic (exact) mass is 293 g/mol. The molecule has 1 N–H and O–H groups in total. The molecule has 0 radical (unpaired) electrons. The fourth-order valence-electron chi connectivity index (χ4n) is 5.16. The number of nitrogens with one attached hydrogen (secondary N) is 1. The Hall–Kier alpha value is -0.120. The minimum absolute atomic E-state index is 0.704. The lowest BCUT2D eigenvalue weighted by molar-refractivity contribution is -0.00787. The Bertz CT molecular complexity index is 343. The van der Waals surface area contributed by atoms with Gasteiger partial charge in [-0.05, 0) is 64.5 Å². The molecule has 122 valence electrons. The number of hydrogen-bond acceptors (Lipinski definition) is 3. The van der Waals surface area contributed by atoms with Crippen molar-refractivity contribution in [2.75, 3.05) is 26.7 Å². The third-order valence-corrected chi connectivity index (χ3v) is 6.58. The summed E-state index contributed by atoms with van der Waals surface area (Å²) in [4.78, 5) is 5.63.